The van der Waals surface area contributed by atoms with Gasteiger partial charge < -0.3 is 4.57 Å². The van der Waals surface area contributed by atoms with E-state index in [4.69, 9.17) is 0 Å². The lowest BCUT2D eigenvalue weighted by atomic mass is 9.87. The summed E-state index contributed by atoms with van der Waals surface area (Å²) in [4.78, 5) is 1.56. The predicted octanol–water partition coefficient (Wildman–Crippen LogP) is 3.14. The first kappa shape index (κ1) is 9.83. The van der Waals surface area contributed by atoms with Gasteiger partial charge in [0.15, 0.2) is 0 Å². The van der Waals surface area contributed by atoms with Gasteiger partial charge in [-0.2, -0.15) is 0 Å². The molecule has 0 saturated heterocycles. The number of hydrogen-bond donors (Lipinski definition) is 0. The van der Waals surface area contributed by atoms with Gasteiger partial charge in [-0.05, 0) is 49.1 Å². The van der Waals surface area contributed by atoms with E-state index in [-0.39, 0.29) is 0 Å². The smallest absolute Gasteiger partial charge is 0.140 e. The molecule has 1 atom stereocenters. The van der Waals surface area contributed by atoms with E-state index in [0.717, 1.165) is 0 Å². The summed E-state index contributed by atoms with van der Waals surface area (Å²) < 4.78 is 2.32. The second-order valence-electron chi connectivity index (χ2n) is 5.07. The van der Waals surface area contributed by atoms with Crippen molar-refractivity contribution in [3.05, 3.63) is 34.0 Å². The molecule has 4 rings (SSSR count). The second-order valence-corrected chi connectivity index (χ2v) is 6.07. The number of aryl methyl sites for hydroxylation is 1. The standard InChI is InChI=1S/C13H15N3S/c1-2-11(10-6-7-17-12(10)3-1)13-15-14-8-16(13)9-4-5-9/h6-9,11H,1-5H2. The molecule has 0 aromatic carbocycles. The fourth-order valence-corrected chi connectivity index (χ4v) is 3.88. The van der Waals surface area contributed by atoms with Crippen molar-refractivity contribution >= 4 is 11.3 Å². The predicted molar refractivity (Wildman–Crippen MR) is 67.4 cm³/mol. The molecule has 1 unspecified atom stereocenters. The molecule has 2 aliphatic carbocycles. The minimum atomic E-state index is 0.494. The zero-order valence-electron chi connectivity index (χ0n) is 9.67. The third-order valence-corrected chi connectivity index (χ3v) is 4.90. The fraction of sp³-hybridized carbons (Fsp3) is 0.538. The molecule has 88 valence electrons. The molecule has 2 heterocycles. The Labute approximate surface area is 104 Å². The first-order chi connectivity index (χ1) is 8.43. The van der Waals surface area contributed by atoms with E-state index in [1.54, 1.807) is 4.88 Å². The Morgan fingerprint density at radius 1 is 1.29 bits per heavy atom. The maximum atomic E-state index is 4.40. The normalized spacial score (nSPS) is 23.6. The molecule has 4 heteroatoms. The molecule has 2 aromatic rings. The van der Waals surface area contributed by atoms with Gasteiger partial charge in [0.2, 0.25) is 0 Å². The molecule has 0 amide bonds. The van der Waals surface area contributed by atoms with Gasteiger partial charge in [0.1, 0.15) is 12.2 Å². The maximum Gasteiger partial charge on any atom is 0.140 e. The lowest BCUT2D eigenvalue weighted by Gasteiger charge is -2.22. The molecule has 0 aliphatic heterocycles. The molecule has 0 radical (unpaired) electrons. The van der Waals surface area contributed by atoms with Crippen LogP contribution in [0.1, 0.15) is 53.9 Å². The average Bonchev–Trinajstić information content (AvgIpc) is 2.92. The Morgan fingerprint density at radius 2 is 2.24 bits per heavy atom. The molecular formula is C13H15N3S. The van der Waals surface area contributed by atoms with E-state index in [2.05, 4.69) is 26.2 Å². The molecule has 0 spiro atoms. The number of aromatic nitrogens is 3. The third kappa shape index (κ3) is 1.54. The van der Waals surface area contributed by atoms with Crippen LogP contribution < -0.4 is 0 Å². The molecular weight excluding hydrogens is 230 g/mol. The highest BCUT2D eigenvalue weighted by molar-refractivity contribution is 7.10. The molecule has 2 aromatic heterocycles. The Kier molecular flexibility index (Phi) is 2.12. The first-order valence-electron chi connectivity index (χ1n) is 6.39. The van der Waals surface area contributed by atoms with Crippen LogP contribution in [0.4, 0.5) is 0 Å². The third-order valence-electron chi connectivity index (χ3n) is 3.90. The Bertz CT molecular complexity index is 538. The van der Waals surface area contributed by atoms with Crippen molar-refractivity contribution in [2.24, 2.45) is 0 Å². The maximum absolute atomic E-state index is 4.40. The van der Waals surface area contributed by atoms with E-state index < -0.39 is 0 Å². The fourth-order valence-electron chi connectivity index (χ4n) is 2.89. The Morgan fingerprint density at radius 3 is 3.12 bits per heavy atom. The van der Waals surface area contributed by atoms with Gasteiger partial charge in [-0.15, -0.1) is 21.5 Å². The second kappa shape index (κ2) is 3.67. The van der Waals surface area contributed by atoms with Crippen LogP contribution in [0.15, 0.2) is 17.8 Å². The van der Waals surface area contributed by atoms with E-state index in [9.17, 15) is 0 Å². The number of rotatable bonds is 2. The summed E-state index contributed by atoms with van der Waals surface area (Å²) in [6.07, 6.45) is 8.29. The van der Waals surface area contributed by atoms with Crippen LogP contribution in [0.5, 0.6) is 0 Å². The van der Waals surface area contributed by atoms with E-state index in [1.165, 1.54) is 43.5 Å². The van der Waals surface area contributed by atoms with Gasteiger partial charge in [0.25, 0.3) is 0 Å². The van der Waals surface area contributed by atoms with Gasteiger partial charge in [-0.3, -0.25) is 0 Å². The van der Waals surface area contributed by atoms with Crippen LogP contribution >= 0.6 is 11.3 Å². The summed E-state index contributed by atoms with van der Waals surface area (Å²) in [7, 11) is 0. The largest absolute Gasteiger partial charge is 0.314 e. The molecule has 1 fully saturated rings. The van der Waals surface area contributed by atoms with Crippen LogP contribution in [0.2, 0.25) is 0 Å². The van der Waals surface area contributed by atoms with E-state index in [0.29, 0.717) is 12.0 Å². The van der Waals surface area contributed by atoms with Crippen LogP contribution in [-0.4, -0.2) is 14.8 Å². The van der Waals surface area contributed by atoms with Gasteiger partial charge in [-0.25, -0.2) is 0 Å². The van der Waals surface area contributed by atoms with E-state index in [1.807, 2.05) is 17.7 Å². The van der Waals surface area contributed by atoms with Crippen LogP contribution in [0, 0.1) is 0 Å². The molecule has 0 N–H and O–H groups in total. The summed E-state index contributed by atoms with van der Waals surface area (Å²) >= 11 is 1.90. The summed E-state index contributed by atoms with van der Waals surface area (Å²) in [5.41, 5.74) is 1.51. The van der Waals surface area contributed by atoms with E-state index >= 15 is 0 Å². The zero-order valence-corrected chi connectivity index (χ0v) is 10.5. The quantitative estimate of drug-likeness (QED) is 0.813. The SMILES string of the molecule is c1cc2c(s1)CCCC2c1nncn1C1CC1. The summed E-state index contributed by atoms with van der Waals surface area (Å²) in [5.74, 6) is 1.69. The average molecular weight is 245 g/mol. The van der Waals surface area contributed by atoms with Crippen molar-refractivity contribution in [3.8, 4) is 0 Å². The lowest BCUT2D eigenvalue weighted by Crippen LogP contribution is -2.13. The number of nitrogens with zero attached hydrogens (tertiary/aromatic N) is 3. The Hall–Kier alpha value is -1.16. The molecule has 2 aliphatic rings. The Balaban J connectivity index is 1.78. The number of thiophene rings is 1. The highest BCUT2D eigenvalue weighted by Crippen LogP contribution is 2.42. The molecule has 17 heavy (non-hydrogen) atoms. The minimum absolute atomic E-state index is 0.494. The topological polar surface area (TPSA) is 30.7 Å². The minimum Gasteiger partial charge on any atom is -0.314 e. The van der Waals surface area contributed by atoms with Crippen molar-refractivity contribution in [2.75, 3.05) is 0 Å². The van der Waals surface area contributed by atoms with Crippen LogP contribution in [0.3, 0.4) is 0 Å². The summed E-state index contributed by atoms with van der Waals surface area (Å²) in [6.45, 7) is 0. The molecule has 0 bridgehead atoms. The van der Waals surface area contributed by atoms with Crippen molar-refractivity contribution in [3.63, 3.8) is 0 Å². The van der Waals surface area contributed by atoms with Gasteiger partial charge in [-0.1, -0.05) is 0 Å². The van der Waals surface area contributed by atoms with Crippen LogP contribution in [0.25, 0.3) is 0 Å². The van der Waals surface area contributed by atoms with Crippen molar-refractivity contribution < 1.29 is 0 Å². The highest BCUT2D eigenvalue weighted by Gasteiger charge is 2.32. The number of hydrogen-bond acceptors (Lipinski definition) is 3. The monoisotopic (exact) mass is 245 g/mol. The van der Waals surface area contributed by atoms with Gasteiger partial charge >= 0.3 is 0 Å². The van der Waals surface area contributed by atoms with Crippen molar-refractivity contribution in [1.29, 1.82) is 0 Å². The molecule has 3 nitrogen and oxygen atoms in total. The van der Waals surface area contributed by atoms with Crippen molar-refractivity contribution in [2.45, 2.75) is 44.1 Å². The zero-order chi connectivity index (χ0) is 11.2. The summed E-state index contributed by atoms with van der Waals surface area (Å²) in [5, 5.41) is 10.8. The van der Waals surface area contributed by atoms with Crippen molar-refractivity contribution in [1.82, 2.24) is 14.8 Å². The van der Waals surface area contributed by atoms with Gasteiger partial charge in [0.05, 0.1) is 0 Å². The summed E-state index contributed by atoms with van der Waals surface area (Å²) in [6, 6.07) is 2.97. The first-order valence-corrected chi connectivity index (χ1v) is 7.27. The lowest BCUT2D eigenvalue weighted by molar-refractivity contribution is 0.558. The van der Waals surface area contributed by atoms with Gasteiger partial charge in [0, 0.05) is 16.8 Å². The van der Waals surface area contributed by atoms with Crippen LogP contribution in [-0.2, 0) is 6.42 Å². The molecule has 1 saturated carbocycles. The highest BCUT2D eigenvalue weighted by atomic mass is 32.1. The number of fused-ring (bicyclic) bond motifs is 1.